The summed E-state index contributed by atoms with van der Waals surface area (Å²) in [4.78, 5) is 8.78. The topological polar surface area (TPSA) is 37.8 Å². The van der Waals surface area contributed by atoms with Crippen LogP contribution in [0.1, 0.15) is 6.42 Å². The summed E-state index contributed by atoms with van der Waals surface area (Å²) >= 11 is 5.42. The predicted molar refractivity (Wildman–Crippen MR) is 76.6 cm³/mol. The van der Waals surface area contributed by atoms with Crippen molar-refractivity contribution in [2.24, 2.45) is 0 Å². The first kappa shape index (κ1) is 11.3. The van der Waals surface area contributed by atoms with Gasteiger partial charge in [-0.05, 0) is 40.2 Å². The summed E-state index contributed by atoms with van der Waals surface area (Å²) in [6.45, 7) is 0. The first-order valence-corrected chi connectivity index (χ1v) is 7.52. The number of hydrogen-bond acceptors (Lipinski definition) is 4. The van der Waals surface area contributed by atoms with Gasteiger partial charge in [-0.2, -0.15) is 11.8 Å². The Labute approximate surface area is 113 Å². The fraction of sp³-hybridized carbons (Fsp3) is 0.333. The highest BCUT2D eigenvalue weighted by Gasteiger charge is 2.16. The standard InChI is InChI=1S/C12H12BrN3S/c13-8-5-11-12(15-6-8)10(1-3-14-11)16-9-2-4-17-7-9/h1,3,5-6,9H,2,4,7H2,(H,14,16). The van der Waals surface area contributed by atoms with Crippen molar-refractivity contribution in [2.75, 3.05) is 16.8 Å². The van der Waals surface area contributed by atoms with Crippen LogP contribution in [0.3, 0.4) is 0 Å². The number of nitrogens with one attached hydrogen (secondary N) is 1. The molecule has 1 aliphatic rings. The molecular formula is C12H12BrN3S. The molecule has 17 heavy (non-hydrogen) atoms. The number of nitrogens with zero attached hydrogens (tertiary/aromatic N) is 2. The molecule has 3 rings (SSSR count). The Balaban J connectivity index is 1.97. The zero-order chi connectivity index (χ0) is 11.7. The molecule has 5 heteroatoms. The van der Waals surface area contributed by atoms with Gasteiger partial charge >= 0.3 is 0 Å². The van der Waals surface area contributed by atoms with Crippen LogP contribution in [0.15, 0.2) is 29.0 Å². The smallest absolute Gasteiger partial charge is 0.112 e. The average molecular weight is 310 g/mol. The molecule has 0 saturated carbocycles. The lowest BCUT2D eigenvalue weighted by Crippen LogP contribution is -2.18. The van der Waals surface area contributed by atoms with Gasteiger partial charge in [-0.25, -0.2) is 0 Å². The van der Waals surface area contributed by atoms with Crippen LogP contribution in [0.2, 0.25) is 0 Å². The molecule has 1 unspecified atom stereocenters. The molecule has 0 radical (unpaired) electrons. The lowest BCUT2D eigenvalue weighted by Gasteiger charge is -2.14. The normalized spacial score (nSPS) is 19.7. The van der Waals surface area contributed by atoms with E-state index in [9.17, 15) is 0 Å². The molecule has 1 fully saturated rings. The van der Waals surface area contributed by atoms with Gasteiger partial charge in [0, 0.05) is 28.7 Å². The van der Waals surface area contributed by atoms with E-state index in [0.29, 0.717) is 6.04 Å². The van der Waals surface area contributed by atoms with Crippen LogP contribution in [-0.4, -0.2) is 27.5 Å². The van der Waals surface area contributed by atoms with E-state index in [2.05, 4.69) is 31.2 Å². The van der Waals surface area contributed by atoms with Crippen molar-refractivity contribution in [3.05, 3.63) is 29.0 Å². The van der Waals surface area contributed by atoms with Gasteiger partial charge in [-0.15, -0.1) is 0 Å². The second-order valence-electron chi connectivity index (χ2n) is 4.08. The molecule has 0 aliphatic carbocycles. The van der Waals surface area contributed by atoms with Crippen LogP contribution in [0.4, 0.5) is 5.69 Å². The van der Waals surface area contributed by atoms with Gasteiger partial charge in [0.2, 0.25) is 0 Å². The van der Waals surface area contributed by atoms with Gasteiger partial charge in [-0.1, -0.05) is 0 Å². The molecule has 88 valence electrons. The summed E-state index contributed by atoms with van der Waals surface area (Å²) in [5, 5.41) is 3.56. The molecule has 3 heterocycles. The first-order chi connectivity index (χ1) is 8.33. The summed E-state index contributed by atoms with van der Waals surface area (Å²) in [7, 11) is 0. The number of halogens is 1. The maximum absolute atomic E-state index is 4.44. The summed E-state index contributed by atoms with van der Waals surface area (Å²) < 4.78 is 0.964. The summed E-state index contributed by atoms with van der Waals surface area (Å²) in [6, 6.07) is 4.57. The number of rotatable bonds is 2. The SMILES string of the molecule is Brc1cnc2c(NC3CCSC3)ccnc2c1. The van der Waals surface area contributed by atoms with Crippen molar-refractivity contribution in [1.82, 2.24) is 9.97 Å². The Kier molecular flexibility index (Phi) is 3.20. The quantitative estimate of drug-likeness (QED) is 0.923. The van der Waals surface area contributed by atoms with Crippen molar-refractivity contribution < 1.29 is 0 Å². The second-order valence-corrected chi connectivity index (χ2v) is 6.15. The molecule has 0 bridgehead atoms. The number of anilines is 1. The highest BCUT2D eigenvalue weighted by molar-refractivity contribution is 9.10. The van der Waals surface area contributed by atoms with Crippen LogP contribution in [0, 0.1) is 0 Å². The fourth-order valence-corrected chi connectivity index (χ4v) is 3.46. The maximum atomic E-state index is 4.44. The van der Waals surface area contributed by atoms with E-state index in [1.54, 1.807) is 0 Å². The third-order valence-electron chi connectivity index (χ3n) is 2.83. The molecular weight excluding hydrogens is 298 g/mol. The largest absolute Gasteiger partial charge is 0.380 e. The van der Waals surface area contributed by atoms with E-state index in [4.69, 9.17) is 0 Å². The summed E-state index contributed by atoms with van der Waals surface area (Å²) in [5.41, 5.74) is 2.97. The number of pyridine rings is 2. The number of fused-ring (bicyclic) bond motifs is 1. The molecule has 2 aromatic rings. The second kappa shape index (κ2) is 4.82. The highest BCUT2D eigenvalue weighted by atomic mass is 79.9. The van der Waals surface area contributed by atoms with Crippen LogP contribution in [0.5, 0.6) is 0 Å². The summed E-state index contributed by atoms with van der Waals surface area (Å²) in [5.74, 6) is 2.43. The summed E-state index contributed by atoms with van der Waals surface area (Å²) in [6.07, 6.45) is 4.88. The van der Waals surface area contributed by atoms with Crippen LogP contribution in [-0.2, 0) is 0 Å². The van der Waals surface area contributed by atoms with Crippen molar-refractivity contribution in [3.8, 4) is 0 Å². The van der Waals surface area contributed by atoms with E-state index in [-0.39, 0.29) is 0 Å². The average Bonchev–Trinajstić information content (AvgIpc) is 2.82. The highest BCUT2D eigenvalue weighted by Crippen LogP contribution is 2.26. The number of hydrogen-bond donors (Lipinski definition) is 1. The molecule has 3 nitrogen and oxygen atoms in total. The minimum atomic E-state index is 0.566. The van der Waals surface area contributed by atoms with Crippen LogP contribution in [0.25, 0.3) is 11.0 Å². The van der Waals surface area contributed by atoms with Crippen molar-refractivity contribution >= 4 is 44.4 Å². The molecule has 1 aliphatic heterocycles. The van der Waals surface area contributed by atoms with E-state index < -0.39 is 0 Å². The molecule has 0 aromatic carbocycles. The maximum Gasteiger partial charge on any atom is 0.112 e. The van der Waals surface area contributed by atoms with E-state index in [1.165, 1.54) is 17.9 Å². The Morgan fingerprint density at radius 1 is 1.41 bits per heavy atom. The lowest BCUT2D eigenvalue weighted by atomic mass is 10.2. The van der Waals surface area contributed by atoms with E-state index >= 15 is 0 Å². The first-order valence-electron chi connectivity index (χ1n) is 5.57. The van der Waals surface area contributed by atoms with Crippen molar-refractivity contribution in [3.63, 3.8) is 0 Å². The third-order valence-corrected chi connectivity index (χ3v) is 4.43. The van der Waals surface area contributed by atoms with E-state index in [0.717, 1.165) is 21.2 Å². The minimum absolute atomic E-state index is 0.566. The van der Waals surface area contributed by atoms with E-state index in [1.807, 2.05) is 36.3 Å². The van der Waals surface area contributed by atoms with Gasteiger partial charge in [0.1, 0.15) is 5.52 Å². The molecule has 0 amide bonds. The molecule has 1 N–H and O–H groups in total. The van der Waals surface area contributed by atoms with Crippen LogP contribution >= 0.6 is 27.7 Å². The fourth-order valence-electron chi connectivity index (χ4n) is 1.99. The number of aromatic nitrogens is 2. The Morgan fingerprint density at radius 2 is 2.35 bits per heavy atom. The van der Waals surface area contributed by atoms with Crippen molar-refractivity contribution in [1.29, 1.82) is 0 Å². The minimum Gasteiger partial charge on any atom is -0.380 e. The van der Waals surface area contributed by atoms with Crippen molar-refractivity contribution in [2.45, 2.75) is 12.5 Å². The third kappa shape index (κ3) is 2.40. The zero-order valence-electron chi connectivity index (χ0n) is 9.19. The Bertz CT molecular complexity index is 540. The lowest BCUT2D eigenvalue weighted by molar-refractivity contribution is 0.814. The van der Waals surface area contributed by atoms with Gasteiger partial charge in [0.15, 0.2) is 0 Å². The molecule has 0 spiro atoms. The zero-order valence-corrected chi connectivity index (χ0v) is 11.6. The monoisotopic (exact) mass is 309 g/mol. The predicted octanol–water partition coefficient (Wildman–Crippen LogP) is 3.31. The van der Waals surface area contributed by atoms with Gasteiger partial charge in [0.05, 0.1) is 11.2 Å². The molecule has 1 saturated heterocycles. The van der Waals surface area contributed by atoms with Gasteiger partial charge in [-0.3, -0.25) is 9.97 Å². The van der Waals surface area contributed by atoms with Gasteiger partial charge < -0.3 is 5.32 Å². The van der Waals surface area contributed by atoms with Gasteiger partial charge in [0.25, 0.3) is 0 Å². The number of thioether (sulfide) groups is 1. The van der Waals surface area contributed by atoms with Crippen LogP contribution < -0.4 is 5.32 Å². The Hall–Kier alpha value is -0.810. The molecule has 2 aromatic heterocycles. The Morgan fingerprint density at radius 3 is 3.18 bits per heavy atom. The molecule has 1 atom stereocenters.